The van der Waals surface area contributed by atoms with E-state index in [0.717, 1.165) is 45.3 Å². The molecule has 24 heavy (non-hydrogen) atoms. The minimum atomic E-state index is -0.203. The minimum absolute atomic E-state index is 0.0419. The zero-order valence-electron chi connectivity index (χ0n) is 15.2. The maximum Gasteiger partial charge on any atom is 0.312 e. The number of piperidine rings is 1. The molecule has 0 N–H and O–H groups in total. The Balaban J connectivity index is 1.44. The molecule has 1 atom stereocenters. The topological polar surface area (TPSA) is 29.5 Å². The van der Waals surface area contributed by atoms with Crippen LogP contribution < -0.4 is 0 Å². The van der Waals surface area contributed by atoms with Crippen LogP contribution in [-0.2, 0) is 9.53 Å². The molecular weight excluding hydrogens is 298 g/mol. The van der Waals surface area contributed by atoms with Crippen LogP contribution in [0.1, 0.15) is 63.9 Å². The molecule has 0 radical (unpaired) electrons. The monoisotopic (exact) mass is 329 g/mol. The second-order valence-electron chi connectivity index (χ2n) is 7.53. The Morgan fingerprint density at radius 1 is 1.12 bits per heavy atom. The van der Waals surface area contributed by atoms with Crippen LogP contribution in [-0.4, -0.2) is 36.6 Å². The summed E-state index contributed by atoms with van der Waals surface area (Å²) in [4.78, 5) is 14.7. The van der Waals surface area contributed by atoms with E-state index in [9.17, 15) is 4.79 Å². The summed E-state index contributed by atoms with van der Waals surface area (Å²) < 4.78 is 5.67. The Kier molecular flexibility index (Phi) is 5.60. The highest BCUT2D eigenvalue weighted by atomic mass is 16.6. The first kappa shape index (κ1) is 17.5. The Hall–Kier alpha value is -1.35. The van der Waals surface area contributed by atoms with Gasteiger partial charge in [-0.25, -0.2) is 0 Å². The molecule has 132 valence electrons. The summed E-state index contributed by atoms with van der Waals surface area (Å²) in [7, 11) is 0. The molecule has 1 aromatic rings. The third-order valence-corrected chi connectivity index (χ3v) is 6.30. The smallest absolute Gasteiger partial charge is 0.312 e. The first-order valence-corrected chi connectivity index (χ1v) is 9.65. The fraction of sp³-hybridized carbons (Fsp3) is 0.667. The fourth-order valence-electron chi connectivity index (χ4n) is 4.37. The molecule has 0 bridgehead atoms. The quantitative estimate of drug-likeness (QED) is 0.726. The number of hydrogen-bond acceptors (Lipinski definition) is 3. The van der Waals surface area contributed by atoms with Crippen LogP contribution >= 0.6 is 0 Å². The van der Waals surface area contributed by atoms with Crippen molar-refractivity contribution in [2.24, 2.45) is 5.41 Å². The molecule has 3 rings (SSSR count). The van der Waals surface area contributed by atoms with Crippen LogP contribution in [0.2, 0.25) is 0 Å². The van der Waals surface area contributed by atoms with Gasteiger partial charge in [-0.3, -0.25) is 4.79 Å². The van der Waals surface area contributed by atoms with Gasteiger partial charge in [0.2, 0.25) is 0 Å². The number of cyclic esters (lactones) is 1. The molecule has 2 aliphatic heterocycles. The summed E-state index contributed by atoms with van der Waals surface area (Å²) in [5.41, 5.74) is 1.28. The maximum atomic E-state index is 12.2. The van der Waals surface area contributed by atoms with E-state index >= 15 is 0 Å². The summed E-state index contributed by atoms with van der Waals surface area (Å²) in [5.74, 6) is 0.750. The largest absolute Gasteiger partial charge is 0.462 e. The average Bonchev–Trinajstić information content (AvgIpc) is 2.97. The van der Waals surface area contributed by atoms with Crippen LogP contribution in [0.3, 0.4) is 0 Å². The van der Waals surface area contributed by atoms with Crippen LogP contribution in [0.5, 0.6) is 0 Å². The molecule has 2 heterocycles. The van der Waals surface area contributed by atoms with E-state index in [1.165, 1.54) is 18.4 Å². The summed E-state index contributed by atoms with van der Waals surface area (Å²) >= 11 is 0. The molecule has 0 aromatic heterocycles. The molecule has 0 spiro atoms. The van der Waals surface area contributed by atoms with Gasteiger partial charge in [-0.15, -0.1) is 0 Å². The standard InChI is InChI=1S/C21H31NO2/c1-3-21(4-2)16-19(24-20(21)23)12-15-22-13-10-18(11-14-22)17-8-6-5-7-9-17/h5-9,18-19H,3-4,10-16H2,1-2H3. The zero-order chi connectivity index (χ0) is 17.0. The van der Waals surface area contributed by atoms with Gasteiger partial charge in [0, 0.05) is 13.0 Å². The Morgan fingerprint density at radius 3 is 2.38 bits per heavy atom. The lowest BCUT2D eigenvalue weighted by Crippen LogP contribution is -2.35. The van der Waals surface area contributed by atoms with Crippen molar-refractivity contribution in [1.82, 2.24) is 4.90 Å². The molecule has 3 nitrogen and oxygen atoms in total. The van der Waals surface area contributed by atoms with Crippen molar-refractivity contribution in [3.8, 4) is 0 Å². The lowest BCUT2D eigenvalue weighted by atomic mass is 9.79. The second kappa shape index (κ2) is 7.69. The molecule has 0 amide bonds. The predicted octanol–water partition coefficient (Wildman–Crippen LogP) is 4.38. The number of esters is 1. The van der Waals surface area contributed by atoms with E-state index < -0.39 is 0 Å². The van der Waals surface area contributed by atoms with Crippen LogP contribution in [0.25, 0.3) is 0 Å². The number of carbonyl (C=O) groups excluding carboxylic acids is 1. The van der Waals surface area contributed by atoms with Crippen molar-refractivity contribution in [2.45, 2.75) is 64.4 Å². The van der Waals surface area contributed by atoms with E-state index in [0.29, 0.717) is 5.92 Å². The summed E-state index contributed by atoms with van der Waals surface area (Å²) in [6.45, 7) is 7.60. The molecule has 0 saturated carbocycles. The van der Waals surface area contributed by atoms with Gasteiger partial charge >= 0.3 is 5.97 Å². The lowest BCUT2D eigenvalue weighted by molar-refractivity contribution is -0.149. The van der Waals surface area contributed by atoms with Gasteiger partial charge in [0.15, 0.2) is 0 Å². The average molecular weight is 329 g/mol. The van der Waals surface area contributed by atoms with E-state index in [2.05, 4.69) is 49.1 Å². The van der Waals surface area contributed by atoms with Crippen molar-refractivity contribution >= 4 is 5.97 Å². The highest BCUT2D eigenvalue weighted by Crippen LogP contribution is 2.41. The molecule has 2 aliphatic rings. The number of carbonyl (C=O) groups is 1. The third kappa shape index (κ3) is 3.66. The van der Waals surface area contributed by atoms with Crippen LogP contribution in [0, 0.1) is 5.41 Å². The number of likely N-dealkylation sites (tertiary alicyclic amines) is 1. The summed E-state index contributed by atoms with van der Waals surface area (Å²) in [6, 6.07) is 10.9. The van der Waals surface area contributed by atoms with Crippen LogP contribution in [0.4, 0.5) is 0 Å². The van der Waals surface area contributed by atoms with Gasteiger partial charge < -0.3 is 9.64 Å². The van der Waals surface area contributed by atoms with Gasteiger partial charge in [-0.2, -0.15) is 0 Å². The maximum absolute atomic E-state index is 12.2. The molecule has 0 aliphatic carbocycles. The minimum Gasteiger partial charge on any atom is -0.462 e. The first-order valence-electron chi connectivity index (χ1n) is 9.65. The van der Waals surface area contributed by atoms with E-state index in [4.69, 9.17) is 4.74 Å². The molecule has 3 heteroatoms. The van der Waals surface area contributed by atoms with E-state index in [1.807, 2.05) is 0 Å². The normalized spacial score (nSPS) is 24.9. The van der Waals surface area contributed by atoms with Gasteiger partial charge in [-0.1, -0.05) is 44.2 Å². The molecule has 2 fully saturated rings. The Morgan fingerprint density at radius 2 is 1.79 bits per heavy atom. The molecular formula is C21H31NO2. The van der Waals surface area contributed by atoms with E-state index in [-0.39, 0.29) is 17.5 Å². The second-order valence-corrected chi connectivity index (χ2v) is 7.53. The van der Waals surface area contributed by atoms with Gasteiger partial charge in [0.1, 0.15) is 6.10 Å². The number of nitrogens with zero attached hydrogens (tertiary/aromatic N) is 1. The van der Waals surface area contributed by atoms with Crippen molar-refractivity contribution in [3.05, 3.63) is 35.9 Å². The highest BCUT2D eigenvalue weighted by molar-refractivity contribution is 5.78. The molecule has 2 saturated heterocycles. The van der Waals surface area contributed by atoms with Gasteiger partial charge in [-0.05, 0) is 56.7 Å². The van der Waals surface area contributed by atoms with Crippen molar-refractivity contribution in [3.63, 3.8) is 0 Å². The fourth-order valence-corrected chi connectivity index (χ4v) is 4.37. The van der Waals surface area contributed by atoms with Crippen molar-refractivity contribution in [1.29, 1.82) is 0 Å². The zero-order valence-corrected chi connectivity index (χ0v) is 15.2. The Bertz CT molecular complexity index is 530. The van der Waals surface area contributed by atoms with Crippen molar-refractivity contribution < 1.29 is 9.53 Å². The third-order valence-electron chi connectivity index (χ3n) is 6.30. The number of hydrogen-bond donors (Lipinski definition) is 0. The number of benzene rings is 1. The van der Waals surface area contributed by atoms with Crippen molar-refractivity contribution in [2.75, 3.05) is 19.6 Å². The van der Waals surface area contributed by atoms with Gasteiger partial charge in [0.25, 0.3) is 0 Å². The van der Waals surface area contributed by atoms with Gasteiger partial charge in [0.05, 0.1) is 5.41 Å². The molecule has 1 aromatic carbocycles. The predicted molar refractivity (Wildman–Crippen MR) is 97.0 cm³/mol. The van der Waals surface area contributed by atoms with E-state index in [1.54, 1.807) is 0 Å². The summed E-state index contributed by atoms with van der Waals surface area (Å²) in [6.07, 6.45) is 6.32. The van der Waals surface area contributed by atoms with Crippen LogP contribution in [0.15, 0.2) is 30.3 Å². The number of ether oxygens (including phenoxy) is 1. The SMILES string of the molecule is CCC1(CC)CC(CCN2CCC(c3ccccc3)CC2)OC1=O. The Labute approximate surface area is 146 Å². The molecule has 1 unspecified atom stereocenters. The highest BCUT2D eigenvalue weighted by Gasteiger charge is 2.46. The number of rotatable bonds is 6. The first-order chi connectivity index (χ1) is 11.7. The summed E-state index contributed by atoms with van der Waals surface area (Å²) in [5, 5.41) is 0. The lowest BCUT2D eigenvalue weighted by Gasteiger charge is -2.32.